The summed E-state index contributed by atoms with van der Waals surface area (Å²) in [6.45, 7) is 0. The van der Waals surface area contributed by atoms with Gasteiger partial charge in [-0.05, 0) is 24.3 Å². The number of carbonyl (C=O) groups excluding carboxylic acids is 1. The minimum Gasteiger partial charge on any atom is -0.461 e. The van der Waals surface area contributed by atoms with Crippen LogP contribution in [0.15, 0.2) is 47.1 Å². The number of carbonyl (C=O) groups is 1. The highest BCUT2D eigenvalue weighted by atomic mass is 35.5. The summed E-state index contributed by atoms with van der Waals surface area (Å²) in [7, 11) is 0. The van der Waals surface area contributed by atoms with E-state index in [1.807, 2.05) is 0 Å². The third-order valence-corrected chi connectivity index (χ3v) is 2.19. The van der Waals surface area contributed by atoms with E-state index in [0.29, 0.717) is 16.3 Å². The van der Waals surface area contributed by atoms with Crippen molar-refractivity contribution in [1.82, 2.24) is 0 Å². The highest BCUT2D eigenvalue weighted by Gasteiger charge is 2.13. The van der Waals surface area contributed by atoms with Crippen molar-refractivity contribution in [3.63, 3.8) is 0 Å². The maximum absolute atomic E-state index is 11.8. The van der Waals surface area contributed by atoms with E-state index in [-0.39, 0.29) is 5.78 Å². The third-order valence-electron chi connectivity index (χ3n) is 1.86. The van der Waals surface area contributed by atoms with E-state index in [4.69, 9.17) is 16.0 Å². The second-order valence-electron chi connectivity index (χ2n) is 2.79. The first-order chi connectivity index (χ1) is 6.79. The minimum absolute atomic E-state index is 0.194. The van der Waals surface area contributed by atoms with Gasteiger partial charge < -0.3 is 4.42 Å². The molecule has 0 amide bonds. The van der Waals surface area contributed by atoms with Gasteiger partial charge in [-0.1, -0.05) is 23.7 Å². The average Bonchev–Trinajstić information content (AvgIpc) is 2.70. The van der Waals surface area contributed by atoms with Crippen molar-refractivity contribution in [2.24, 2.45) is 0 Å². The normalized spacial score (nSPS) is 10.1. The summed E-state index contributed by atoms with van der Waals surface area (Å²) in [5, 5.41) is 0.439. The minimum atomic E-state index is -0.194. The Kier molecular flexibility index (Phi) is 2.37. The molecule has 1 heterocycles. The first kappa shape index (κ1) is 9.03. The van der Waals surface area contributed by atoms with Crippen LogP contribution >= 0.6 is 11.6 Å². The quantitative estimate of drug-likeness (QED) is 0.707. The van der Waals surface area contributed by atoms with Gasteiger partial charge in [0.05, 0.1) is 11.3 Å². The molecule has 0 atom stereocenters. The molecule has 0 aliphatic heterocycles. The Morgan fingerprint density at radius 3 is 2.57 bits per heavy atom. The third kappa shape index (κ3) is 1.56. The summed E-state index contributed by atoms with van der Waals surface area (Å²) in [4.78, 5) is 11.8. The zero-order valence-electron chi connectivity index (χ0n) is 7.24. The molecule has 3 heteroatoms. The maximum atomic E-state index is 11.8. The Balaban J connectivity index is 2.42. The fraction of sp³-hybridized carbons (Fsp3) is 0. The number of hydrogen-bond donors (Lipinski definition) is 0. The van der Waals surface area contributed by atoms with Crippen LogP contribution in [0.25, 0.3) is 0 Å². The van der Waals surface area contributed by atoms with Crippen molar-refractivity contribution < 1.29 is 9.21 Å². The largest absolute Gasteiger partial charge is 0.461 e. The lowest BCUT2D eigenvalue weighted by Gasteiger charge is -1.99. The summed E-state index contributed by atoms with van der Waals surface area (Å²) < 4.78 is 5.00. The molecule has 1 aromatic carbocycles. The second kappa shape index (κ2) is 3.68. The maximum Gasteiger partial charge on any atom is 0.229 e. The molecule has 0 saturated carbocycles. The van der Waals surface area contributed by atoms with E-state index in [2.05, 4.69) is 0 Å². The molecular formula is C11H7ClO2. The molecule has 0 fully saturated rings. The predicted molar refractivity (Wildman–Crippen MR) is 53.6 cm³/mol. The van der Waals surface area contributed by atoms with Gasteiger partial charge in [0.15, 0.2) is 5.76 Å². The SMILES string of the molecule is O=C(c1ccco1)c1ccccc1Cl. The van der Waals surface area contributed by atoms with Gasteiger partial charge in [0, 0.05) is 5.56 Å². The van der Waals surface area contributed by atoms with E-state index < -0.39 is 0 Å². The van der Waals surface area contributed by atoms with Crippen molar-refractivity contribution in [1.29, 1.82) is 0 Å². The van der Waals surface area contributed by atoms with E-state index in [9.17, 15) is 4.79 Å². The number of halogens is 1. The van der Waals surface area contributed by atoms with Gasteiger partial charge in [-0.2, -0.15) is 0 Å². The molecule has 0 saturated heterocycles. The van der Waals surface area contributed by atoms with Gasteiger partial charge >= 0.3 is 0 Å². The zero-order chi connectivity index (χ0) is 9.97. The summed E-state index contributed by atoms with van der Waals surface area (Å²) in [6.07, 6.45) is 1.46. The molecule has 1 aromatic heterocycles. The first-order valence-corrected chi connectivity index (χ1v) is 4.49. The molecule has 14 heavy (non-hydrogen) atoms. The topological polar surface area (TPSA) is 30.2 Å². The van der Waals surface area contributed by atoms with E-state index in [1.165, 1.54) is 6.26 Å². The van der Waals surface area contributed by atoms with Gasteiger partial charge in [-0.15, -0.1) is 0 Å². The molecular weight excluding hydrogens is 200 g/mol. The fourth-order valence-electron chi connectivity index (χ4n) is 1.19. The summed E-state index contributed by atoms with van der Waals surface area (Å²) in [5.41, 5.74) is 0.462. The standard InChI is InChI=1S/C11H7ClO2/c12-9-5-2-1-4-8(9)11(13)10-6-3-7-14-10/h1-7H. The lowest BCUT2D eigenvalue weighted by Crippen LogP contribution is -1.99. The summed E-state index contributed by atoms with van der Waals surface area (Å²) in [5.74, 6) is 0.110. The molecule has 0 bridgehead atoms. The number of rotatable bonds is 2. The highest BCUT2D eigenvalue weighted by Crippen LogP contribution is 2.18. The number of benzene rings is 1. The van der Waals surface area contributed by atoms with Crippen LogP contribution in [0.1, 0.15) is 16.1 Å². The fourth-order valence-corrected chi connectivity index (χ4v) is 1.41. The summed E-state index contributed by atoms with van der Waals surface area (Å²) >= 11 is 5.87. The van der Waals surface area contributed by atoms with Gasteiger partial charge in [-0.25, -0.2) is 0 Å². The van der Waals surface area contributed by atoms with Crippen molar-refractivity contribution in [2.75, 3.05) is 0 Å². The molecule has 0 aliphatic rings. The van der Waals surface area contributed by atoms with E-state index in [0.717, 1.165) is 0 Å². The van der Waals surface area contributed by atoms with Crippen LogP contribution in [0.5, 0.6) is 0 Å². The lowest BCUT2D eigenvalue weighted by atomic mass is 10.1. The second-order valence-corrected chi connectivity index (χ2v) is 3.19. The van der Waals surface area contributed by atoms with Gasteiger partial charge in [0.1, 0.15) is 0 Å². The van der Waals surface area contributed by atoms with Crippen molar-refractivity contribution in [2.45, 2.75) is 0 Å². The monoisotopic (exact) mass is 206 g/mol. The predicted octanol–water partition coefficient (Wildman–Crippen LogP) is 3.16. The van der Waals surface area contributed by atoms with Crippen LogP contribution < -0.4 is 0 Å². The Morgan fingerprint density at radius 2 is 1.93 bits per heavy atom. The number of ketones is 1. The Bertz CT molecular complexity index is 446. The Morgan fingerprint density at radius 1 is 1.14 bits per heavy atom. The number of hydrogen-bond acceptors (Lipinski definition) is 2. The Hall–Kier alpha value is -1.54. The van der Waals surface area contributed by atoms with Crippen molar-refractivity contribution in [3.05, 3.63) is 59.0 Å². The molecule has 0 N–H and O–H groups in total. The average molecular weight is 207 g/mol. The van der Waals surface area contributed by atoms with Gasteiger partial charge in [0.2, 0.25) is 5.78 Å². The highest BCUT2D eigenvalue weighted by molar-refractivity contribution is 6.34. The van der Waals surface area contributed by atoms with Crippen LogP contribution in [0, 0.1) is 0 Å². The van der Waals surface area contributed by atoms with Crippen LogP contribution in [0.4, 0.5) is 0 Å². The van der Waals surface area contributed by atoms with E-state index >= 15 is 0 Å². The van der Waals surface area contributed by atoms with Crippen LogP contribution in [0.2, 0.25) is 5.02 Å². The molecule has 0 spiro atoms. The van der Waals surface area contributed by atoms with Gasteiger partial charge in [-0.3, -0.25) is 4.79 Å². The number of furan rings is 1. The van der Waals surface area contributed by atoms with E-state index in [1.54, 1.807) is 36.4 Å². The van der Waals surface area contributed by atoms with Crippen molar-refractivity contribution >= 4 is 17.4 Å². The molecule has 2 aromatic rings. The molecule has 2 nitrogen and oxygen atoms in total. The van der Waals surface area contributed by atoms with Crippen LogP contribution in [0.3, 0.4) is 0 Å². The van der Waals surface area contributed by atoms with Crippen molar-refractivity contribution in [3.8, 4) is 0 Å². The molecule has 70 valence electrons. The molecule has 2 rings (SSSR count). The first-order valence-electron chi connectivity index (χ1n) is 4.12. The van der Waals surface area contributed by atoms with Crippen LogP contribution in [-0.4, -0.2) is 5.78 Å². The molecule has 0 aliphatic carbocycles. The van der Waals surface area contributed by atoms with Gasteiger partial charge in [0.25, 0.3) is 0 Å². The zero-order valence-corrected chi connectivity index (χ0v) is 7.99. The Labute approximate surface area is 86.1 Å². The molecule has 0 unspecified atom stereocenters. The summed E-state index contributed by atoms with van der Waals surface area (Å²) in [6, 6.07) is 10.2. The van der Waals surface area contributed by atoms with Crippen LogP contribution in [-0.2, 0) is 0 Å². The smallest absolute Gasteiger partial charge is 0.229 e. The lowest BCUT2D eigenvalue weighted by molar-refractivity contribution is 0.101. The molecule has 0 radical (unpaired) electrons.